The SMILES string of the molecule is O=C(COC(=O)CCn1nnc2ccccc2c1=O)Nc1cccc(I)c1. The number of halogens is 1. The van der Waals surface area contributed by atoms with Gasteiger partial charge in [0.05, 0.1) is 18.4 Å². The highest BCUT2D eigenvalue weighted by Gasteiger charge is 2.11. The van der Waals surface area contributed by atoms with Crippen LogP contribution in [0.15, 0.2) is 53.3 Å². The number of carbonyl (C=O) groups excluding carboxylic acids is 2. The average Bonchev–Trinajstić information content (AvgIpc) is 2.66. The molecule has 1 heterocycles. The standard InChI is InChI=1S/C18H15IN4O4/c19-12-4-3-5-13(10-12)20-16(24)11-27-17(25)8-9-23-18(26)14-6-1-2-7-15(14)21-22-23/h1-7,10H,8-9,11H2,(H,20,24). The van der Waals surface area contributed by atoms with Crippen LogP contribution in [0.2, 0.25) is 0 Å². The molecule has 0 saturated carbocycles. The molecule has 0 saturated heterocycles. The molecule has 2 aromatic carbocycles. The molecule has 1 amide bonds. The Bertz CT molecular complexity index is 1050. The Hall–Kier alpha value is -2.82. The maximum atomic E-state index is 12.3. The van der Waals surface area contributed by atoms with Crippen molar-refractivity contribution in [2.75, 3.05) is 11.9 Å². The van der Waals surface area contributed by atoms with Crippen LogP contribution in [0.3, 0.4) is 0 Å². The molecule has 0 unspecified atom stereocenters. The van der Waals surface area contributed by atoms with E-state index in [0.29, 0.717) is 16.6 Å². The van der Waals surface area contributed by atoms with E-state index in [1.54, 1.807) is 36.4 Å². The highest BCUT2D eigenvalue weighted by atomic mass is 127. The Morgan fingerprint density at radius 3 is 2.78 bits per heavy atom. The molecule has 0 radical (unpaired) electrons. The fraction of sp³-hybridized carbons (Fsp3) is 0.167. The third-order valence-corrected chi connectivity index (χ3v) is 4.30. The Balaban J connectivity index is 1.50. The number of hydrogen-bond acceptors (Lipinski definition) is 6. The Labute approximate surface area is 167 Å². The normalized spacial score (nSPS) is 10.6. The number of hydrogen-bond donors (Lipinski definition) is 1. The zero-order valence-corrected chi connectivity index (χ0v) is 16.3. The van der Waals surface area contributed by atoms with Crippen molar-refractivity contribution >= 4 is 51.1 Å². The number of aryl methyl sites for hydroxylation is 1. The van der Waals surface area contributed by atoms with Gasteiger partial charge in [0, 0.05) is 9.26 Å². The van der Waals surface area contributed by atoms with Gasteiger partial charge in [-0.3, -0.25) is 14.4 Å². The van der Waals surface area contributed by atoms with Crippen molar-refractivity contribution in [3.05, 3.63) is 62.5 Å². The molecule has 3 aromatic rings. The molecule has 138 valence electrons. The topological polar surface area (TPSA) is 103 Å². The first-order valence-electron chi connectivity index (χ1n) is 8.06. The molecule has 0 aliphatic heterocycles. The van der Waals surface area contributed by atoms with Gasteiger partial charge in [-0.05, 0) is 52.9 Å². The highest BCUT2D eigenvalue weighted by molar-refractivity contribution is 14.1. The lowest BCUT2D eigenvalue weighted by Crippen LogP contribution is -2.26. The quantitative estimate of drug-likeness (QED) is 0.430. The minimum atomic E-state index is -0.602. The van der Waals surface area contributed by atoms with Gasteiger partial charge in [0.15, 0.2) is 6.61 Å². The van der Waals surface area contributed by atoms with E-state index in [1.165, 1.54) is 0 Å². The number of carbonyl (C=O) groups is 2. The predicted molar refractivity (Wildman–Crippen MR) is 107 cm³/mol. The van der Waals surface area contributed by atoms with Crippen molar-refractivity contribution in [1.29, 1.82) is 0 Å². The summed E-state index contributed by atoms with van der Waals surface area (Å²) in [6.45, 7) is -0.378. The lowest BCUT2D eigenvalue weighted by molar-refractivity contribution is -0.147. The van der Waals surface area contributed by atoms with Crippen molar-refractivity contribution in [2.24, 2.45) is 0 Å². The van der Waals surface area contributed by atoms with Crippen LogP contribution >= 0.6 is 22.6 Å². The molecule has 0 atom stereocenters. The van der Waals surface area contributed by atoms with Gasteiger partial charge >= 0.3 is 5.97 Å². The Kier molecular flexibility index (Phi) is 6.12. The van der Waals surface area contributed by atoms with Crippen molar-refractivity contribution < 1.29 is 14.3 Å². The van der Waals surface area contributed by atoms with Crippen LogP contribution < -0.4 is 10.9 Å². The molecule has 0 spiro atoms. The predicted octanol–water partition coefficient (Wildman–Crippen LogP) is 1.97. The molecular formula is C18H15IN4O4. The van der Waals surface area contributed by atoms with E-state index in [2.05, 4.69) is 38.2 Å². The first-order chi connectivity index (χ1) is 13.0. The number of nitrogens with zero attached hydrogens (tertiary/aromatic N) is 3. The second kappa shape index (κ2) is 8.71. The van der Waals surface area contributed by atoms with E-state index in [1.807, 2.05) is 12.1 Å². The van der Waals surface area contributed by atoms with E-state index >= 15 is 0 Å². The fourth-order valence-electron chi connectivity index (χ4n) is 2.35. The highest BCUT2D eigenvalue weighted by Crippen LogP contribution is 2.12. The Morgan fingerprint density at radius 1 is 1.15 bits per heavy atom. The van der Waals surface area contributed by atoms with Gasteiger partial charge in [-0.25, -0.2) is 4.68 Å². The third kappa shape index (κ3) is 5.09. The van der Waals surface area contributed by atoms with Gasteiger partial charge in [0.2, 0.25) is 0 Å². The number of amides is 1. The molecule has 3 rings (SSSR count). The third-order valence-electron chi connectivity index (χ3n) is 3.63. The monoisotopic (exact) mass is 478 g/mol. The van der Waals surface area contributed by atoms with E-state index in [4.69, 9.17) is 4.74 Å². The number of ether oxygens (including phenoxy) is 1. The van der Waals surface area contributed by atoms with E-state index in [9.17, 15) is 14.4 Å². The van der Waals surface area contributed by atoms with E-state index in [0.717, 1.165) is 8.25 Å². The summed E-state index contributed by atoms with van der Waals surface area (Å²) in [5, 5.41) is 10.8. The van der Waals surface area contributed by atoms with Crippen LogP contribution in [0.4, 0.5) is 5.69 Å². The van der Waals surface area contributed by atoms with Crippen molar-refractivity contribution in [3.63, 3.8) is 0 Å². The molecule has 0 aliphatic carbocycles. The van der Waals surface area contributed by atoms with Gasteiger partial charge < -0.3 is 10.1 Å². The van der Waals surface area contributed by atoms with E-state index < -0.39 is 18.5 Å². The largest absolute Gasteiger partial charge is 0.456 e. The molecule has 1 aromatic heterocycles. The van der Waals surface area contributed by atoms with Crippen molar-refractivity contribution in [2.45, 2.75) is 13.0 Å². The molecule has 0 aliphatic rings. The van der Waals surface area contributed by atoms with Gasteiger partial charge in [0.25, 0.3) is 11.5 Å². The summed E-state index contributed by atoms with van der Waals surface area (Å²) in [6, 6.07) is 14.1. The molecule has 8 nitrogen and oxygen atoms in total. The molecule has 1 N–H and O–H groups in total. The minimum Gasteiger partial charge on any atom is -0.456 e. The van der Waals surface area contributed by atoms with Crippen LogP contribution in [0.5, 0.6) is 0 Å². The molecular weight excluding hydrogens is 463 g/mol. The van der Waals surface area contributed by atoms with Gasteiger partial charge in [-0.2, -0.15) is 0 Å². The van der Waals surface area contributed by atoms with Crippen LogP contribution in [-0.4, -0.2) is 33.5 Å². The average molecular weight is 478 g/mol. The second-order valence-corrected chi connectivity index (χ2v) is 6.85. The first kappa shape index (κ1) is 19.0. The fourth-order valence-corrected chi connectivity index (χ4v) is 2.89. The number of nitrogens with one attached hydrogen (secondary N) is 1. The lowest BCUT2D eigenvalue weighted by Gasteiger charge is -2.07. The zero-order valence-electron chi connectivity index (χ0n) is 14.1. The summed E-state index contributed by atoms with van der Waals surface area (Å²) in [6.07, 6.45) is -0.0938. The van der Waals surface area contributed by atoms with Crippen LogP contribution in [0.25, 0.3) is 10.9 Å². The van der Waals surface area contributed by atoms with Crippen LogP contribution in [0, 0.1) is 3.57 Å². The van der Waals surface area contributed by atoms with Gasteiger partial charge in [0.1, 0.15) is 5.52 Å². The van der Waals surface area contributed by atoms with Gasteiger partial charge in [-0.15, -0.1) is 5.10 Å². The molecule has 27 heavy (non-hydrogen) atoms. The molecule has 9 heteroatoms. The van der Waals surface area contributed by atoms with Crippen LogP contribution in [-0.2, 0) is 20.9 Å². The van der Waals surface area contributed by atoms with Crippen molar-refractivity contribution in [3.8, 4) is 0 Å². The summed E-state index contributed by atoms with van der Waals surface area (Å²) in [5.74, 6) is -1.04. The van der Waals surface area contributed by atoms with E-state index in [-0.39, 0.29) is 18.5 Å². The first-order valence-corrected chi connectivity index (χ1v) is 9.14. The smallest absolute Gasteiger partial charge is 0.308 e. The van der Waals surface area contributed by atoms with Crippen molar-refractivity contribution in [1.82, 2.24) is 15.0 Å². The summed E-state index contributed by atoms with van der Waals surface area (Å²) < 4.78 is 7.02. The summed E-state index contributed by atoms with van der Waals surface area (Å²) in [4.78, 5) is 36.0. The van der Waals surface area contributed by atoms with Gasteiger partial charge in [-0.1, -0.05) is 23.4 Å². The maximum absolute atomic E-state index is 12.3. The summed E-state index contributed by atoms with van der Waals surface area (Å²) in [7, 11) is 0. The van der Waals surface area contributed by atoms with Crippen LogP contribution in [0.1, 0.15) is 6.42 Å². The molecule has 0 fully saturated rings. The molecule has 0 bridgehead atoms. The number of rotatable bonds is 6. The number of esters is 1. The number of aromatic nitrogens is 3. The lowest BCUT2D eigenvalue weighted by atomic mass is 10.2. The number of benzene rings is 2. The summed E-state index contributed by atoms with van der Waals surface area (Å²) >= 11 is 2.13. The zero-order chi connectivity index (χ0) is 19.2. The second-order valence-electron chi connectivity index (χ2n) is 5.60. The maximum Gasteiger partial charge on any atom is 0.308 e. The summed E-state index contributed by atoms with van der Waals surface area (Å²) in [5.41, 5.74) is 0.791. The Morgan fingerprint density at radius 2 is 1.96 bits per heavy atom. The number of fused-ring (bicyclic) bond motifs is 1. The minimum absolute atomic E-state index is 0.0218. The number of anilines is 1.